The lowest BCUT2D eigenvalue weighted by Crippen LogP contribution is -2.54. The molecule has 6 heteroatoms. The van der Waals surface area contributed by atoms with Crippen molar-refractivity contribution in [1.82, 2.24) is 15.5 Å². The quantitative estimate of drug-likeness (QED) is 0.870. The van der Waals surface area contributed by atoms with Gasteiger partial charge in [-0.1, -0.05) is 43.4 Å². The molecule has 2 N–H and O–H groups in total. The molecule has 4 nitrogen and oxygen atoms in total. The van der Waals surface area contributed by atoms with Crippen LogP contribution < -0.4 is 5.32 Å². The molecule has 2 atom stereocenters. The predicted molar refractivity (Wildman–Crippen MR) is 76.1 cm³/mol. The van der Waals surface area contributed by atoms with Gasteiger partial charge in [0.2, 0.25) is 0 Å². The second-order valence-electron chi connectivity index (χ2n) is 5.28. The summed E-state index contributed by atoms with van der Waals surface area (Å²) in [4.78, 5) is 0. The fourth-order valence-corrected chi connectivity index (χ4v) is 4.80. The molecule has 1 aliphatic carbocycles. The van der Waals surface area contributed by atoms with Crippen molar-refractivity contribution in [1.29, 1.82) is 0 Å². The smallest absolute Gasteiger partial charge is 0.174 e. The molecule has 0 aromatic carbocycles. The van der Waals surface area contributed by atoms with Gasteiger partial charge in [-0.25, -0.2) is 0 Å². The third kappa shape index (κ3) is 3.66. The second kappa shape index (κ2) is 6.32. The number of aliphatic hydroxyl groups excluding tert-OH is 1. The highest BCUT2D eigenvalue weighted by Gasteiger charge is 2.36. The lowest BCUT2D eigenvalue weighted by molar-refractivity contribution is 0.115. The Morgan fingerprint density at radius 3 is 3.11 bits per heavy atom. The van der Waals surface area contributed by atoms with Crippen LogP contribution in [0.15, 0.2) is 9.85 Å². The maximum Gasteiger partial charge on any atom is 0.174 e. The summed E-state index contributed by atoms with van der Waals surface area (Å²) >= 11 is 3.41. The number of hydrogen-bond donors (Lipinski definition) is 2. The van der Waals surface area contributed by atoms with Crippen LogP contribution in [0.3, 0.4) is 0 Å². The van der Waals surface area contributed by atoms with Crippen molar-refractivity contribution in [2.45, 2.75) is 60.7 Å². The zero-order valence-corrected chi connectivity index (χ0v) is 12.6. The molecule has 1 aromatic rings. The molecule has 0 spiro atoms. The van der Waals surface area contributed by atoms with Crippen LogP contribution in [0, 0.1) is 0 Å². The van der Waals surface area contributed by atoms with Crippen LogP contribution in [0.5, 0.6) is 0 Å². The lowest BCUT2D eigenvalue weighted by Gasteiger charge is -2.41. The maximum atomic E-state index is 9.74. The molecule has 2 unspecified atom stereocenters. The molecule has 0 saturated heterocycles. The van der Waals surface area contributed by atoms with E-state index in [1.807, 2.05) is 11.8 Å². The van der Waals surface area contributed by atoms with Crippen LogP contribution in [-0.2, 0) is 0 Å². The minimum Gasteiger partial charge on any atom is -0.394 e. The summed E-state index contributed by atoms with van der Waals surface area (Å²) in [5.74, 6) is 0. The summed E-state index contributed by atoms with van der Waals surface area (Å²) in [6.45, 7) is 4.50. The summed E-state index contributed by atoms with van der Waals surface area (Å²) < 4.78 is 1.04. The highest BCUT2D eigenvalue weighted by atomic mass is 32.2. The van der Waals surface area contributed by atoms with Crippen molar-refractivity contribution in [2.75, 3.05) is 6.61 Å². The van der Waals surface area contributed by atoms with Gasteiger partial charge >= 0.3 is 0 Å². The van der Waals surface area contributed by atoms with E-state index >= 15 is 0 Å². The number of nitrogens with zero attached hydrogens (tertiary/aromatic N) is 2. The van der Waals surface area contributed by atoms with E-state index in [4.69, 9.17) is 0 Å². The third-order valence-electron chi connectivity index (χ3n) is 3.30. The number of nitrogens with one attached hydrogen (secondary N) is 1. The molecule has 1 saturated carbocycles. The lowest BCUT2D eigenvalue weighted by atomic mass is 9.81. The van der Waals surface area contributed by atoms with E-state index < -0.39 is 0 Å². The number of hydrogen-bond acceptors (Lipinski definition) is 6. The van der Waals surface area contributed by atoms with Crippen molar-refractivity contribution < 1.29 is 5.11 Å². The molecule has 0 aliphatic heterocycles. The van der Waals surface area contributed by atoms with Crippen molar-refractivity contribution in [3.8, 4) is 0 Å². The zero-order chi connectivity index (χ0) is 13.0. The number of rotatable bonds is 5. The van der Waals surface area contributed by atoms with Gasteiger partial charge in [-0.3, -0.25) is 0 Å². The van der Waals surface area contributed by atoms with Crippen molar-refractivity contribution in [3.05, 3.63) is 5.51 Å². The molecule has 1 heterocycles. The number of aromatic nitrogens is 2. The van der Waals surface area contributed by atoms with Crippen molar-refractivity contribution >= 4 is 23.1 Å². The Labute approximate surface area is 117 Å². The normalized spacial score (nSPS) is 28.8. The van der Waals surface area contributed by atoms with E-state index in [2.05, 4.69) is 29.4 Å². The van der Waals surface area contributed by atoms with E-state index in [1.165, 1.54) is 6.42 Å². The molecule has 2 rings (SSSR count). The largest absolute Gasteiger partial charge is 0.394 e. The van der Waals surface area contributed by atoms with E-state index in [0.29, 0.717) is 11.3 Å². The van der Waals surface area contributed by atoms with Crippen LogP contribution >= 0.6 is 23.1 Å². The minimum absolute atomic E-state index is 0.102. The monoisotopic (exact) mass is 287 g/mol. The molecule has 1 fully saturated rings. The van der Waals surface area contributed by atoms with Crippen LogP contribution in [-0.4, -0.2) is 38.7 Å². The summed E-state index contributed by atoms with van der Waals surface area (Å²) in [5.41, 5.74) is 1.67. The average molecular weight is 287 g/mol. The Hall–Kier alpha value is -0.170. The second-order valence-corrected chi connectivity index (χ2v) is 7.66. The zero-order valence-electron chi connectivity index (χ0n) is 10.9. The molecular weight excluding hydrogens is 266 g/mol. The van der Waals surface area contributed by atoms with Gasteiger partial charge in [-0.2, -0.15) is 0 Å². The predicted octanol–water partition coefficient (Wildman–Crippen LogP) is 2.30. The van der Waals surface area contributed by atoms with Crippen LogP contribution in [0.25, 0.3) is 0 Å². The summed E-state index contributed by atoms with van der Waals surface area (Å²) in [7, 11) is 0. The first kappa shape index (κ1) is 14.2. The Kier molecular flexibility index (Phi) is 5.00. The fourth-order valence-electron chi connectivity index (χ4n) is 2.70. The van der Waals surface area contributed by atoms with Gasteiger partial charge in [-0.15, -0.1) is 10.2 Å². The molecule has 0 amide bonds. The Morgan fingerprint density at radius 1 is 1.67 bits per heavy atom. The SMILES string of the molecule is CC(C)NC1(CO)CCCC(Sc2nncs2)C1. The Morgan fingerprint density at radius 2 is 2.50 bits per heavy atom. The summed E-state index contributed by atoms with van der Waals surface area (Å²) in [6, 6.07) is 0.405. The molecule has 1 aliphatic rings. The Balaban J connectivity index is 1.98. The van der Waals surface area contributed by atoms with Gasteiger partial charge in [0.05, 0.1) is 6.61 Å². The molecule has 18 heavy (non-hydrogen) atoms. The van der Waals surface area contributed by atoms with Gasteiger partial charge in [0.1, 0.15) is 5.51 Å². The van der Waals surface area contributed by atoms with E-state index in [1.54, 1.807) is 16.8 Å². The van der Waals surface area contributed by atoms with Crippen LogP contribution in [0.2, 0.25) is 0 Å². The first-order chi connectivity index (χ1) is 8.63. The fraction of sp³-hybridized carbons (Fsp3) is 0.833. The number of thioether (sulfide) groups is 1. The van der Waals surface area contributed by atoms with Crippen LogP contribution in [0.4, 0.5) is 0 Å². The van der Waals surface area contributed by atoms with E-state index in [-0.39, 0.29) is 12.1 Å². The molecule has 1 aromatic heterocycles. The standard InChI is InChI=1S/C12H21N3OS2/c1-9(2)14-12(7-16)5-3-4-10(6-12)18-11-15-13-8-17-11/h8-10,14,16H,3-7H2,1-2H3. The summed E-state index contributed by atoms with van der Waals surface area (Å²) in [5, 5.41) is 21.8. The van der Waals surface area contributed by atoms with Crippen molar-refractivity contribution in [2.24, 2.45) is 0 Å². The molecule has 0 radical (unpaired) electrons. The molecule has 102 valence electrons. The van der Waals surface area contributed by atoms with E-state index in [9.17, 15) is 5.11 Å². The number of aliphatic hydroxyl groups is 1. The average Bonchev–Trinajstić information content (AvgIpc) is 2.81. The Bertz CT molecular complexity index is 358. The first-order valence-electron chi connectivity index (χ1n) is 6.45. The topological polar surface area (TPSA) is 58.0 Å². The van der Waals surface area contributed by atoms with Crippen LogP contribution in [0.1, 0.15) is 39.5 Å². The van der Waals surface area contributed by atoms with Crippen molar-refractivity contribution in [3.63, 3.8) is 0 Å². The minimum atomic E-state index is -0.102. The van der Waals surface area contributed by atoms with Gasteiger partial charge in [0.15, 0.2) is 4.34 Å². The van der Waals surface area contributed by atoms with Gasteiger partial charge < -0.3 is 10.4 Å². The van der Waals surface area contributed by atoms with Gasteiger partial charge in [0.25, 0.3) is 0 Å². The van der Waals surface area contributed by atoms with E-state index in [0.717, 1.165) is 23.6 Å². The molecular formula is C12H21N3OS2. The highest BCUT2D eigenvalue weighted by molar-refractivity contribution is 8.01. The first-order valence-corrected chi connectivity index (χ1v) is 8.21. The molecule has 0 bridgehead atoms. The van der Waals surface area contributed by atoms with Gasteiger partial charge in [0, 0.05) is 16.8 Å². The summed E-state index contributed by atoms with van der Waals surface area (Å²) in [6.07, 6.45) is 4.43. The third-order valence-corrected chi connectivity index (χ3v) is 5.38. The van der Waals surface area contributed by atoms with Gasteiger partial charge in [-0.05, 0) is 19.3 Å². The highest BCUT2D eigenvalue weighted by Crippen LogP contribution is 2.38. The maximum absolute atomic E-state index is 9.74.